The van der Waals surface area contributed by atoms with E-state index in [4.69, 9.17) is 21.1 Å². The molecule has 0 atom stereocenters. The van der Waals surface area contributed by atoms with Crippen LogP contribution in [-0.2, 0) is 0 Å². The maximum absolute atomic E-state index is 13.2. The lowest BCUT2D eigenvalue weighted by molar-refractivity contribution is 0.0748. The fourth-order valence-electron chi connectivity index (χ4n) is 3.58. The zero-order chi connectivity index (χ0) is 19.7. The van der Waals surface area contributed by atoms with Crippen LogP contribution in [0.3, 0.4) is 0 Å². The molecule has 3 aromatic rings. The summed E-state index contributed by atoms with van der Waals surface area (Å²) in [7, 11) is 3.28. The number of piperazine rings is 1. The summed E-state index contributed by atoms with van der Waals surface area (Å²) < 4.78 is 12.0. The molecule has 2 heterocycles. The molecule has 1 aromatic heterocycles. The molecule has 0 unspecified atom stereocenters. The van der Waals surface area contributed by atoms with E-state index < -0.39 is 0 Å². The molecule has 5 nitrogen and oxygen atoms in total. The molecule has 0 aliphatic carbocycles. The molecule has 0 spiro atoms. The number of hydrogen-bond donors (Lipinski definition) is 0. The maximum Gasteiger partial charge on any atom is 0.267 e. The van der Waals surface area contributed by atoms with Crippen LogP contribution in [0.2, 0.25) is 5.02 Å². The molecule has 1 aliphatic rings. The molecule has 1 amide bonds. The molecule has 7 heteroatoms. The van der Waals surface area contributed by atoms with Crippen molar-refractivity contribution < 1.29 is 14.3 Å². The first kappa shape index (κ1) is 18.9. The number of amides is 1. The van der Waals surface area contributed by atoms with Crippen LogP contribution >= 0.6 is 22.9 Å². The van der Waals surface area contributed by atoms with Crippen molar-refractivity contribution in [2.45, 2.75) is 0 Å². The van der Waals surface area contributed by atoms with Gasteiger partial charge in [-0.15, -0.1) is 11.3 Å². The summed E-state index contributed by atoms with van der Waals surface area (Å²) in [5, 5.41) is 1.58. The van der Waals surface area contributed by atoms with Gasteiger partial charge in [-0.2, -0.15) is 0 Å². The highest BCUT2D eigenvalue weighted by atomic mass is 35.5. The first-order valence-electron chi connectivity index (χ1n) is 9.05. The molecular formula is C21H21ClN2O3S. The Morgan fingerprint density at radius 1 is 1.04 bits per heavy atom. The van der Waals surface area contributed by atoms with E-state index in [9.17, 15) is 4.79 Å². The van der Waals surface area contributed by atoms with E-state index in [1.165, 1.54) is 11.3 Å². The Morgan fingerprint density at radius 3 is 2.50 bits per heavy atom. The number of halogens is 1. The summed E-state index contributed by atoms with van der Waals surface area (Å²) in [6, 6.07) is 13.6. The number of para-hydroxylation sites is 2. The topological polar surface area (TPSA) is 42.0 Å². The summed E-state index contributed by atoms with van der Waals surface area (Å²) >= 11 is 7.54. The van der Waals surface area contributed by atoms with Gasteiger partial charge in [0.05, 0.1) is 19.9 Å². The number of thiophene rings is 1. The Labute approximate surface area is 173 Å². The lowest BCUT2D eigenvalue weighted by Crippen LogP contribution is -2.48. The number of anilines is 1. The van der Waals surface area contributed by atoms with Gasteiger partial charge in [-0.05, 0) is 30.3 Å². The second-order valence-corrected chi connectivity index (χ2v) is 8.04. The molecule has 1 saturated heterocycles. The minimum absolute atomic E-state index is 0.00819. The summed E-state index contributed by atoms with van der Waals surface area (Å²) in [4.78, 5) is 18.0. The van der Waals surface area contributed by atoms with E-state index >= 15 is 0 Å². The quantitative estimate of drug-likeness (QED) is 0.626. The Kier molecular flexibility index (Phi) is 5.33. The van der Waals surface area contributed by atoms with Gasteiger partial charge in [-0.25, -0.2) is 0 Å². The zero-order valence-corrected chi connectivity index (χ0v) is 17.3. The molecule has 4 rings (SSSR count). The normalized spacial score (nSPS) is 14.4. The van der Waals surface area contributed by atoms with Crippen LogP contribution in [0, 0.1) is 0 Å². The van der Waals surface area contributed by atoms with Crippen molar-refractivity contribution in [1.29, 1.82) is 0 Å². The number of carbonyl (C=O) groups is 1. The van der Waals surface area contributed by atoms with Crippen LogP contribution in [0.15, 0.2) is 42.5 Å². The molecule has 28 heavy (non-hydrogen) atoms. The van der Waals surface area contributed by atoms with Crippen molar-refractivity contribution in [3.63, 3.8) is 0 Å². The zero-order valence-electron chi connectivity index (χ0n) is 15.8. The Morgan fingerprint density at radius 2 is 1.79 bits per heavy atom. The van der Waals surface area contributed by atoms with Crippen molar-refractivity contribution in [3.05, 3.63) is 52.4 Å². The lowest BCUT2D eigenvalue weighted by atomic mass is 10.2. The highest BCUT2D eigenvalue weighted by molar-refractivity contribution is 7.21. The molecule has 146 valence electrons. The third-order valence-corrected chi connectivity index (χ3v) is 6.35. The van der Waals surface area contributed by atoms with Crippen molar-refractivity contribution in [3.8, 4) is 11.5 Å². The third-order valence-electron chi connectivity index (χ3n) is 5.00. The number of carbonyl (C=O) groups excluding carboxylic acids is 1. The number of rotatable bonds is 4. The predicted molar refractivity (Wildman–Crippen MR) is 114 cm³/mol. The Balaban J connectivity index is 1.54. The van der Waals surface area contributed by atoms with Gasteiger partial charge in [0.15, 0.2) is 0 Å². The second kappa shape index (κ2) is 7.89. The summed E-state index contributed by atoms with van der Waals surface area (Å²) in [6.45, 7) is 2.81. The first-order chi connectivity index (χ1) is 13.6. The van der Waals surface area contributed by atoms with E-state index in [0.717, 1.165) is 34.6 Å². The van der Waals surface area contributed by atoms with Gasteiger partial charge in [0, 0.05) is 41.3 Å². The first-order valence-corrected chi connectivity index (χ1v) is 10.2. The van der Waals surface area contributed by atoms with E-state index in [0.29, 0.717) is 28.7 Å². The lowest BCUT2D eigenvalue weighted by Gasteiger charge is -2.36. The van der Waals surface area contributed by atoms with Crippen LogP contribution in [0.25, 0.3) is 10.1 Å². The average molecular weight is 417 g/mol. The van der Waals surface area contributed by atoms with E-state index in [1.807, 2.05) is 41.3 Å². The monoisotopic (exact) mass is 416 g/mol. The fourth-order valence-corrected chi connectivity index (χ4v) is 4.99. The molecular weight excluding hydrogens is 396 g/mol. The van der Waals surface area contributed by atoms with Crippen molar-refractivity contribution in [1.82, 2.24) is 4.90 Å². The van der Waals surface area contributed by atoms with Crippen molar-refractivity contribution in [2.24, 2.45) is 0 Å². The number of nitrogens with zero attached hydrogens (tertiary/aromatic N) is 2. The van der Waals surface area contributed by atoms with Gasteiger partial charge >= 0.3 is 0 Å². The maximum atomic E-state index is 13.2. The summed E-state index contributed by atoms with van der Waals surface area (Å²) in [6.07, 6.45) is 0. The predicted octanol–water partition coefficient (Wildman–Crippen LogP) is 4.53. The Bertz CT molecular complexity index is 1010. The molecule has 1 fully saturated rings. The van der Waals surface area contributed by atoms with Gasteiger partial charge in [0.2, 0.25) is 0 Å². The van der Waals surface area contributed by atoms with Crippen molar-refractivity contribution in [2.75, 3.05) is 45.3 Å². The number of benzene rings is 2. The molecule has 2 aromatic carbocycles. The SMILES string of the molecule is COc1ccccc1N1CCN(C(=O)c2sc3cc(Cl)ccc3c2OC)CC1. The number of ether oxygens (including phenoxy) is 2. The van der Waals surface area contributed by atoms with Crippen LogP contribution in [0.1, 0.15) is 9.67 Å². The van der Waals surface area contributed by atoms with E-state index in [2.05, 4.69) is 11.0 Å². The van der Waals surface area contributed by atoms with Crippen LogP contribution in [-0.4, -0.2) is 51.2 Å². The molecule has 0 radical (unpaired) electrons. The van der Waals surface area contributed by atoms with E-state index in [-0.39, 0.29) is 5.91 Å². The highest BCUT2D eigenvalue weighted by Crippen LogP contribution is 2.39. The van der Waals surface area contributed by atoms with Crippen LogP contribution < -0.4 is 14.4 Å². The van der Waals surface area contributed by atoms with Gasteiger partial charge in [-0.3, -0.25) is 4.79 Å². The molecule has 1 aliphatic heterocycles. The smallest absolute Gasteiger partial charge is 0.267 e. The van der Waals surface area contributed by atoms with Gasteiger partial charge in [-0.1, -0.05) is 23.7 Å². The molecule has 0 saturated carbocycles. The minimum Gasteiger partial charge on any atom is -0.495 e. The number of hydrogen-bond acceptors (Lipinski definition) is 5. The minimum atomic E-state index is 0.00819. The highest BCUT2D eigenvalue weighted by Gasteiger charge is 2.28. The summed E-state index contributed by atoms with van der Waals surface area (Å²) in [5.74, 6) is 1.49. The Hall–Kier alpha value is -2.44. The van der Waals surface area contributed by atoms with Crippen LogP contribution in [0.5, 0.6) is 11.5 Å². The molecule has 0 bridgehead atoms. The average Bonchev–Trinajstić information content (AvgIpc) is 3.10. The van der Waals surface area contributed by atoms with Gasteiger partial charge in [0.1, 0.15) is 16.4 Å². The second-order valence-electron chi connectivity index (χ2n) is 6.56. The summed E-state index contributed by atoms with van der Waals surface area (Å²) in [5.41, 5.74) is 1.06. The van der Waals surface area contributed by atoms with E-state index in [1.54, 1.807) is 14.2 Å². The molecule has 0 N–H and O–H groups in total. The van der Waals surface area contributed by atoms with Gasteiger partial charge < -0.3 is 19.3 Å². The number of methoxy groups -OCH3 is 2. The largest absolute Gasteiger partial charge is 0.495 e. The number of fused-ring (bicyclic) bond motifs is 1. The standard InChI is InChI=1S/C21H21ClN2O3S/c1-26-17-6-4-3-5-16(17)23-9-11-24(12-10-23)21(25)20-19(27-2)15-8-7-14(22)13-18(15)28-20/h3-8,13H,9-12H2,1-2H3. The van der Waals surface area contributed by atoms with Crippen molar-refractivity contribution >= 4 is 44.6 Å². The third kappa shape index (κ3) is 3.38. The van der Waals surface area contributed by atoms with Gasteiger partial charge in [0.25, 0.3) is 5.91 Å². The fraction of sp³-hybridized carbons (Fsp3) is 0.286. The van der Waals surface area contributed by atoms with Crippen LogP contribution in [0.4, 0.5) is 5.69 Å².